The van der Waals surface area contributed by atoms with Crippen molar-refractivity contribution in [2.24, 2.45) is 0 Å². The van der Waals surface area contributed by atoms with Crippen LogP contribution in [0, 0.1) is 0 Å². The predicted molar refractivity (Wildman–Crippen MR) is 119 cm³/mol. The molecule has 0 fully saturated rings. The smallest absolute Gasteiger partial charge is 0.326 e. The van der Waals surface area contributed by atoms with Gasteiger partial charge in [0.15, 0.2) is 0 Å². The minimum atomic E-state index is -1.56. The Morgan fingerprint density at radius 3 is 1.50 bits per heavy atom. The molecule has 0 aromatic carbocycles. The molecule has 3 amide bonds. The van der Waals surface area contributed by atoms with Crippen molar-refractivity contribution in [3.8, 4) is 0 Å². The molecule has 14 heteroatoms. The van der Waals surface area contributed by atoms with Crippen molar-refractivity contribution >= 4 is 35.8 Å². The van der Waals surface area contributed by atoms with Crippen LogP contribution in [0.5, 0.6) is 0 Å². The van der Waals surface area contributed by atoms with Crippen molar-refractivity contribution in [3.63, 3.8) is 0 Å². The zero-order valence-corrected chi connectivity index (χ0v) is 19.6. The van der Waals surface area contributed by atoms with E-state index < -0.39 is 73.2 Å². The summed E-state index contributed by atoms with van der Waals surface area (Å²) in [6.07, 6.45) is -0.280. The first-order valence-corrected chi connectivity index (χ1v) is 10.9. The number of aliphatic carboxylic acids is 4. The molecule has 14 nitrogen and oxygen atoms in total. The summed E-state index contributed by atoms with van der Waals surface area (Å²) in [4.78, 5) is 68.2. The molecule has 3 unspecified atom stereocenters. The fourth-order valence-electron chi connectivity index (χ4n) is 2.59. The van der Waals surface area contributed by atoms with Crippen LogP contribution in [0.15, 0.2) is 0 Å². The molecule has 0 aliphatic rings. The van der Waals surface area contributed by atoms with E-state index in [2.05, 4.69) is 10.6 Å². The maximum absolute atomic E-state index is 12.0. The molecule has 3 atom stereocenters. The Kier molecular flexibility index (Phi) is 18.4. The molecule has 0 radical (unpaired) electrons. The van der Waals surface area contributed by atoms with E-state index in [4.69, 9.17) is 10.2 Å². The molecule has 8 N–H and O–H groups in total. The van der Waals surface area contributed by atoms with Crippen molar-refractivity contribution in [1.82, 2.24) is 21.3 Å². The van der Waals surface area contributed by atoms with Gasteiger partial charge in [-0.15, -0.1) is 0 Å². The summed E-state index contributed by atoms with van der Waals surface area (Å²) < 4.78 is 0. The first kappa shape index (κ1) is 32.8. The predicted octanol–water partition coefficient (Wildman–Crippen LogP) is -0.178. The van der Waals surface area contributed by atoms with Crippen LogP contribution in [-0.2, 0) is 24.0 Å². The summed E-state index contributed by atoms with van der Waals surface area (Å²) in [6, 6.07) is -5.41. The molecule has 0 aromatic heterocycles. The highest BCUT2D eigenvalue weighted by atomic mass is 16.4. The molecule has 196 valence electrons. The van der Waals surface area contributed by atoms with Crippen molar-refractivity contribution in [2.75, 3.05) is 13.6 Å². The van der Waals surface area contributed by atoms with Crippen LogP contribution in [0.3, 0.4) is 0 Å². The van der Waals surface area contributed by atoms with Crippen molar-refractivity contribution in [1.29, 1.82) is 0 Å². The second kappa shape index (κ2) is 19.1. The lowest BCUT2D eigenvalue weighted by Gasteiger charge is -2.19. The van der Waals surface area contributed by atoms with Crippen LogP contribution in [0.4, 0.5) is 4.79 Å². The van der Waals surface area contributed by atoms with Crippen LogP contribution < -0.4 is 21.3 Å². The van der Waals surface area contributed by atoms with Gasteiger partial charge in [-0.2, -0.15) is 0 Å². The minimum absolute atomic E-state index is 0.193. The van der Waals surface area contributed by atoms with Gasteiger partial charge >= 0.3 is 29.9 Å². The molecule has 0 aromatic rings. The van der Waals surface area contributed by atoms with Crippen LogP contribution in [0.25, 0.3) is 0 Å². The number of unbranched alkanes of at least 4 members (excludes halogenated alkanes) is 1. The number of carboxylic acids is 4. The van der Waals surface area contributed by atoms with Crippen LogP contribution in [0.1, 0.15) is 58.8 Å². The normalized spacial score (nSPS) is 12.7. The number of carbonyl (C=O) groups is 6. The quantitative estimate of drug-likeness (QED) is 0.124. The number of hydrogen-bond donors (Lipinski definition) is 8. The molecule has 0 heterocycles. The first-order chi connectivity index (χ1) is 16.0. The standard InChI is InChI=1S/C18H30N4O10.C2H6/c1-19-9-3-2-4-10(15(26)27)20-13(23)7-5-11(16(28)29)21-18(32)22-12(17(30)31)6-8-14(24)25;1-2/h10-12,19H,2-9H2,1H3,(H,20,23)(H,24,25)(H,26,27)(H,28,29)(H,30,31)(H2,21,22,32);1-2H3. The lowest BCUT2D eigenvalue weighted by molar-refractivity contribution is -0.142. The van der Waals surface area contributed by atoms with Gasteiger partial charge in [0.2, 0.25) is 5.91 Å². The molecule has 0 saturated carbocycles. The van der Waals surface area contributed by atoms with Gasteiger partial charge in [-0.3, -0.25) is 9.59 Å². The number of carboxylic acid groups (broad SMARTS) is 4. The molecule has 0 spiro atoms. The topological polar surface area (TPSA) is 231 Å². The molecule has 0 rings (SSSR count). The zero-order valence-electron chi connectivity index (χ0n) is 19.6. The van der Waals surface area contributed by atoms with Crippen LogP contribution in [0.2, 0.25) is 0 Å². The minimum Gasteiger partial charge on any atom is -0.481 e. The fourth-order valence-corrected chi connectivity index (χ4v) is 2.59. The molecule has 0 aliphatic heterocycles. The second-order valence-corrected chi connectivity index (χ2v) is 6.93. The van der Waals surface area contributed by atoms with Crippen LogP contribution >= 0.6 is 0 Å². The summed E-state index contributed by atoms with van der Waals surface area (Å²) in [5, 5.41) is 45.2. The van der Waals surface area contributed by atoms with Gasteiger partial charge in [-0.1, -0.05) is 13.8 Å². The second-order valence-electron chi connectivity index (χ2n) is 6.93. The van der Waals surface area contributed by atoms with Crippen LogP contribution in [-0.4, -0.2) is 88.0 Å². The van der Waals surface area contributed by atoms with Gasteiger partial charge in [-0.25, -0.2) is 19.2 Å². The highest BCUT2D eigenvalue weighted by Crippen LogP contribution is 2.04. The van der Waals surface area contributed by atoms with Gasteiger partial charge in [0.25, 0.3) is 0 Å². The lowest BCUT2D eigenvalue weighted by Crippen LogP contribution is -2.51. The number of carbonyl (C=O) groups excluding carboxylic acids is 2. The molecule has 0 saturated heterocycles. The van der Waals surface area contributed by atoms with E-state index in [1.165, 1.54) is 0 Å². The summed E-state index contributed by atoms with van der Waals surface area (Å²) in [5.41, 5.74) is 0. The number of rotatable bonds is 17. The summed E-state index contributed by atoms with van der Waals surface area (Å²) in [6.45, 7) is 4.69. The Labute approximate surface area is 197 Å². The van der Waals surface area contributed by atoms with E-state index >= 15 is 0 Å². The maximum Gasteiger partial charge on any atom is 0.326 e. The lowest BCUT2D eigenvalue weighted by atomic mass is 10.1. The van der Waals surface area contributed by atoms with E-state index in [9.17, 15) is 39.0 Å². The summed E-state index contributed by atoms with van der Waals surface area (Å²) in [5.74, 6) is -6.20. The Morgan fingerprint density at radius 1 is 0.647 bits per heavy atom. The highest BCUT2D eigenvalue weighted by Gasteiger charge is 2.26. The third kappa shape index (κ3) is 16.2. The number of nitrogens with one attached hydrogen (secondary N) is 4. The fraction of sp³-hybridized carbons (Fsp3) is 0.700. The monoisotopic (exact) mass is 492 g/mol. The van der Waals surface area contributed by atoms with Crippen molar-refractivity contribution in [2.45, 2.75) is 76.9 Å². The van der Waals surface area contributed by atoms with Gasteiger partial charge in [0.1, 0.15) is 18.1 Å². The molecular formula is C20H36N4O10. The van der Waals surface area contributed by atoms with E-state index in [0.717, 1.165) is 0 Å². The number of amides is 3. The summed E-state index contributed by atoms with van der Waals surface area (Å²) >= 11 is 0. The zero-order chi connectivity index (χ0) is 26.7. The third-order valence-corrected chi connectivity index (χ3v) is 4.32. The molecule has 34 heavy (non-hydrogen) atoms. The molecule has 0 bridgehead atoms. The van der Waals surface area contributed by atoms with Crippen molar-refractivity contribution < 1.29 is 49.2 Å². The van der Waals surface area contributed by atoms with Gasteiger partial charge in [0.05, 0.1) is 0 Å². The highest BCUT2D eigenvalue weighted by molar-refractivity contribution is 5.87. The SMILES string of the molecule is CC.CNCCCCC(NC(=O)CCC(NC(=O)NC(CCC(=O)O)C(=O)O)C(=O)O)C(=O)O. The maximum atomic E-state index is 12.0. The molecular weight excluding hydrogens is 456 g/mol. The van der Waals surface area contributed by atoms with Gasteiger partial charge in [0, 0.05) is 12.8 Å². The van der Waals surface area contributed by atoms with Gasteiger partial charge < -0.3 is 41.7 Å². The Bertz CT molecular complexity index is 686. The molecule has 0 aliphatic carbocycles. The number of hydrogen-bond acceptors (Lipinski definition) is 7. The largest absolute Gasteiger partial charge is 0.481 e. The van der Waals surface area contributed by atoms with Crippen molar-refractivity contribution in [3.05, 3.63) is 0 Å². The average molecular weight is 493 g/mol. The number of urea groups is 1. The average Bonchev–Trinajstić information content (AvgIpc) is 2.76. The van der Waals surface area contributed by atoms with Gasteiger partial charge in [-0.05, 0) is 45.7 Å². The Balaban J connectivity index is 0. The Hall–Kier alpha value is -3.42. The van der Waals surface area contributed by atoms with E-state index in [0.29, 0.717) is 19.4 Å². The van der Waals surface area contributed by atoms with E-state index in [1.807, 2.05) is 24.5 Å². The van der Waals surface area contributed by atoms with E-state index in [1.54, 1.807) is 7.05 Å². The summed E-state index contributed by atoms with van der Waals surface area (Å²) in [7, 11) is 1.75. The van der Waals surface area contributed by atoms with E-state index in [-0.39, 0.29) is 12.8 Å². The Morgan fingerprint density at radius 2 is 1.09 bits per heavy atom. The first-order valence-electron chi connectivity index (χ1n) is 10.9. The third-order valence-electron chi connectivity index (χ3n) is 4.32.